The first-order chi connectivity index (χ1) is 13.6. The molecule has 0 atom stereocenters. The van der Waals surface area contributed by atoms with Gasteiger partial charge in [0, 0.05) is 27.1 Å². The van der Waals surface area contributed by atoms with E-state index in [0.717, 1.165) is 16.0 Å². The predicted molar refractivity (Wildman–Crippen MR) is 110 cm³/mol. The highest BCUT2D eigenvalue weighted by Crippen LogP contribution is 2.22. The lowest BCUT2D eigenvalue weighted by Gasteiger charge is -2.05. The zero-order chi connectivity index (χ0) is 19.5. The van der Waals surface area contributed by atoms with Crippen LogP contribution < -0.4 is 5.56 Å². The largest absolute Gasteiger partial charge is 0.337 e. The van der Waals surface area contributed by atoms with Gasteiger partial charge in [0.05, 0.1) is 5.69 Å². The number of halogens is 1. The third-order valence-corrected chi connectivity index (χ3v) is 5.07. The predicted octanol–water partition coefficient (Wildman–Crippen LogP) is 4.38. The zero-order valence-corrected chi connectivity index (χ0v) is 16.4. The summed E-state index contributed by atoms with van der Waals surface area (Å²) in [4.78, 5) is 17.7. The minimum Gasteiger partial charge on any atom is -0.337 e. The molecule has 0 N–H and O–H groups in total. The molecule has 0 aliphatic heterocycles. The fraction of sp³-hybridized carbons (Fsp3) is 0.100. The van der Waals surface area contributed by atoms with Gasteiger partial charge in [0.2, 0.25) is 11.7 Å². The van der Waals surface area contributed by atoms with E-state index in [0.29, 0.717) is 22.4 Å². The van der Waals surface area contributed by atoms with Gasteiger partial charge in [-0.25, -0.2) is 4.68 Å². The molecule has 0 spiro atoms. The summed E-state index contributed by atoms with van der Waals surface area (Å²) in [6, 6.07) is 18.3. The number of nitrogens with zero attached hydrogens (tertiary/aromatic N) is 4. The van der Waals surface area contributed by atoms with E-state index in [4.69, 9.17) is 16.1 Å². The van der Waals surface area contributed by atoms with E-state index in [1.807, 2.05) is 42.7 Å². The lowest BCUT2D eigenvalue weighted by Crippen LogP contribution is -2.23. The highest BCUT2D eigenvalue weighted by molar-refractivity contribution is 7.98. The monoisotopic (exact) mass is 410 g/mol. The molecule has 0 saturated heterocycles. The maximum atomic E-state index is 12.2. The van der Waals surface area contributed by atoms with Crippen molar-refractivity contribution in [3.8, 4) is 22.6 Å². The molecule has 0 aliphatic carbocycles. The molecular weight excluding hydrogens is 396 g/mol. The van der Waals surface area contributed by atoms with Crippen LogP contribution in [0.3, 0.4) is 0 Å². The van der Waals surface area contributed by atoms with Crippen LogP contribution >= 0.6 is 23.4 Å². The second kappa shape index (κ2) is 8.00. The number of hydrogen-bond donors (Lipinski definition) is 0. The van der Waals surface area contributed by atoms with Crippen LogP contribution in [0.4, 0.5) is 0 Å². The van der Waals surface area contributed by atoms with Gasteiger partial charge in [-0.3, -0.25) is 4.79 Å². The van der Waals surface area contributed by atoms with Gasteiger partial charge < -0.3 is 4.52 Å². The Morgan fingerprint density at radius 3 is 2.64 bits per heavy atom. The van der Waals surface area contributed by atoms with Crippen LogP contribution in [0, 0.1) is 0 Å². The Labute approximate surface area is 170 Å². The molecule has 2 aromatic carbocycles. The van der Waals surface area contributed by atoms with Crippen LogP contribution in [-0.2, 0) is 6.54 Å². The first-order valence-electron chi connectivity index (χ1n) is 8.43. The molecule has 0 fully saturated rings. The van der Waals surface area contributed by atoms with Gasteiger partial charge in [0.15, 0.2) is 0 Å². The van der Waals surface area contributed by atoms with Crippen molar-refractivity contribution in [2.24, 2.45) is 0 Å². The Morgan fingerprint density at radius 2 is 1.89 bits per heavy atom. The van der Waals surface area contributed by atoms with Gasteiger partial charge in [-0.1, -0.05) is 28.9 Å². The molecule has 2 heterocycles. The Balaban J connectivity index is 1.60. The fourth-order valence-corrected chi connectivity index (χ4v) is 3.27. The molecule has 0 radical (unpaired) electrons. The minimum absolute atomic E-state index is 0.0864. The molecule has 28 heavy (non-hydrogen) atoms. The van der Waals surface area contributed by atoms with Gasteiger partial charge in [0.25, 0.3) is 5.56 Å². The van der Waals surface area contributed by atoms with E-state index in [2.05, 4.69) is 15.2 Å². The molecule has 140 valence electrons. The summed E-state index contributed by atoms with van der Waals surface area (Å²) >= 11 is 7.71. The van der Waals surface area contributed by atoms with Crippen molar-refractivity contribution in [3.05, 3.63) is 81.9 Å². The Bertz CT molecular complexity index is 1170. The van der Waals surface area contributed by atoms with E-state index in [1.165, 1.54) is 10.7 Å². The van der Waals surface area contributed by atoms with Crippen molar-refractivity contribution >= 4 is 23.4 Å². The Kier molecular flexibility index (Phi) is 5.27. The number of thioether (sulfide) groups is 1. The number of rotatable bonds is 5. The van der Waals surface area contributed by atoms with Gasteiger partial charge in [-0.15, -0.1) is 11.8 Å². The van der Waals surface area contributed by atoms with E-state index >= 15 is 0 Å². The summed E-state index contributed by atoms with van der Waals surface area (Å²) < 4.78 is 6.61. The summed E-state index contributed by atoms with van der Waals surface area (Å²) in [7, 11) is 0. The highest BCUT2D eigenvalue weighted by atomic mass is 35.5. The summed E-state index contributed by atoms with van der Waals surface area (Å²) in [5.74, 6) is 0.781. The SMILES string of the molecule is CSc1ccc(-c2noc(Cn3nc(-c4cccc(Cl)c4)ccc3=O)n2)cc1. The van der Waals surface area contributed by atoms with Crippen LogP contribution in [0.1, 0.15) is 5.89 Å². The summed E-state index contributed by atoms with van der Waals surface area (Å²) in [5.41, 5.74) is 2.05. The summed E-state index contributed by atoms with van der Waals surface area (Å²) in [6.07, 6.45) is 2.02. The maximum Gasteiger partial charge on any atom is 0.267 e. The lowest BCUT2D eigenvalue weighted by molar-refractivity contribution is 0.363. The van der Waals surface area contributed by atoms with Crippen LogP contribution in [0.5, 0.6) is 0 Å². The number of aromatic nitrogens is 4. The van der Waals surface area contributed by atoms with E-state index in [1.54, 1.807) is 30.0 Å². The van der Waals surface area contributed by atoms with Gasteiger partial charge in [-0.2, -0.15) is 10.1 Å². The van der Waals surface area contributed by atoms with E-state index in [9.17, 15) is 4.79 Å². The number of benzene rings is 2. The first kappa shape index (κ1) is 18.5. The van der Waals surface area contributed by atoms with Crippen molar-refractivity contribution in [1.29, 1.82) is 0 Å². The third kappa shape index (κ3) is 4.00. The molecule has 4 rings (SSSR count). The second-order valence-corrected chi connectivity index (χ2v) is 7.28. The standard InChI is InChI=1S/C20H15ClN4O2S/c1-28-16-7-5-13(6-8-16)20-22-18(27-24-20)12-25-19(26)10-9-17(23-25)14-3-2-4-15(21)11-14/h2-11H,12H2,1H3. The molecule has 0 saturated carbocycles. The minimum atomic E-state index is -0.255. The van der Waals surface area contributed by atoms with Gasteiger partial charge >= 0.3 is 0 Å². The van der Waals surface area contributed by atoms with Crippen molar-refractivity contribution in [2.45, 2.75) is 11.4 Å². The van der Waals surface area contributed by atoms with Crippen LogP contribution in [0.2, 0.25) is 5.02 Å². The molecular formula is C20H15ClN4O2S. The van der Waals surface area contributed by atoms with Crippen LogP contribution in [0.15, 0.2) is 74.9 Å². The molecule has 2 aromatic heterocycles. The second-order valence-electron chi connectivity index (χ2n) is 5.97. The normalized spacial score (nSPS) is 10.9. The summed E-state index contributed by atoms with van der Waals surface area (Å²) in [6.45, 7) is 0.0864. The quantitative estimate of drug-likeness (QED) is 0.454. The fourth-order valence-electron chi connectivity index (χ4n) is 2.67. The lowest BCUT2D eigenvalue weighted by atomic mass is 10.1. The Morgan fingerprint density at radius 1 is 1.07 bits per heavy atom. The zero-order valence-electron chi connectivity index (χ0n) is 14.9. The maximum absolute atomic E-state index is 12.2. The smallest absolute Gasteiger partial charge is 0.267 e. The van der Waals surface area contributed by atoms with Crippen molar-refractivity contribution in [1.82, 2.24) is 19.9 Å². The highest BCUT2D eigenvalue weighted by Gasteiger charge is 2.12. The average Bonchev–Trinajstić information content (AvgIpc) is 3.18. The molecule has 6 nitrogen and oxygen atoms in total. The Hall–Kier alpha value is -2.90. The van der Waals surface area contributed by atoms with Crippen molar-refractivity contribution < 1.29 is 4.52 Å². The molecule has 4 aromatic rings. The number of hydrogen-bond acceptors (Lipinski definition) is 6. The topological polar surface area (TPSA) is 73.8 Å². The molecule has 0 aliphatic rings. The van der Waals surface area contributed by atoms with Crippen LogP contribution in [-0.4, -0.2) is 26.2 Å². The molecule has 8 heteroatoms. The van der Waals surface area contributed by atoms with Crippen molar-refractivity contribution in [2.75, 3.05) is 6.26 Å². The van der Waals surface area contributed by atoms with Crippen molar-refractivity contribution in [3.63, 3.8) is 0 Å². The average molecular weight is 411 g/mol. The third-order valence-electron chi connectivity index (χ3n) is 4.09. The molecule has 0 bridgehead atoms. The molecule has 0 unspecified atom stereocenters. The summed E-state index contributed by atoms with van der Waals surface area (Å²) in [5, 5.41) is 9.01. The first-order valence-corrected chi connectivity index (χ1v) is 10.0. The van der Waals surface area contributed by atoms with E-state index in [-0.39, 0.29) is 12.1 Å². The van der Waals surface area contributed by atoms with Gasteiger partial charge in [0.1, 0.15) is 6.54 Å². The van der Waals surface area contributed by atoms with E-state index < -0.39 is 0 Å². The van der Waals surface area contributed by atoms with Gasteiger partial charge in [-0.05, 0) is 48.7 Å². The van der Waals surface area contributed by atoms with Crippen LogP contribution in [0.25, 0.3) is 22.6 Å². The molecule has 0 amide bonds.